The van der Waals surface area contributed by atoms with Crippen LogP contribution in [0.4, 0.5) is 5.69 Å². The van der Waals surface area contributed by atoms with E-state index in [2.05, 4.69) is 10.1 Å². The van der Waals surface area contributed by atoms with Gasteiger partial charge in [0, 0.05) is 29.9 Å². The summed E-state index contributed by atoms with van der Waals surface area (Å²) in [5, 5.41) is 2.82. The van der Waals surface area contributed by atoms with Crippen molar-refractivity contribution in [3.63, 3.8) is 0 Å². The minimum atomic E-state index is -0.419. The molecule has 7 nitrogen and oxygen atoms in total. The molecule has 0 spiro atoms. The Hall–Kier alpha value is -4.39. The summed E-state index contributed by atoms with van der Waals surface area (Å²) in [7, 11) is 3.02. The number of hydrogen-bond donors (Lipinski definition) is 1. The van der Waals surface area contributed by atoms with E-state index < -0.39 is 5.97 Å². The van der Waals surface area contributed by atoms with E-state index in [-0.39, 0.29) is 11.8 Å². The zero-order valence-corrected chi connectivity index (χ0v) is 19.1. The van der Waals surface area contributed by atoms with Gasteiger partial charge in [-0.1, -0.05) is 36.4 Å². The summed E-state index contributed by atoms with van der Waals surface area (Å²) in [6, 6.07) is 22.9. The maximum Gasteiger partial charge on any atom is 0.330 e. The van der Waals surface area contributed by atoms with Crippen molar-refractivity contribution in [3.8, 4) is 5.75 Å². The van der Waals surface area contributed by atoms with Gasteiger partial charge in [-0.25, -0.2) is 4.79 Å². The average Bonchev–Trinajstić information content (AvgIpc) is 2.88. The van der Waals surface area contributed by atoms with Gasteiger partial charge in [-0.15, -0.1) is 0 Å². The summed E-state index contributed by atoms with van der Waals surface area (Å²) in [5.74, 6) is -0.180. The molecule has 3 rings (SSSR count). The molecule has 2 amide bonds. The molecule has 0 aliphatic heterocycles. The fourth-order valence-corrected chi connectivity index (χ4v) is 3.05. The fraction of sp³-hybridized carbons (Fsp3) is 0.148. The summed E-state index contributed by atoms with van der Waals surface area (Å²) in [5.41, 5.74) is 2.39. The van der Waals surface area contributed by atoms with Crippen LogP contribution in [-0.4, -0.2) is 50.0 Å². The number of carbonyl (C=O) groups excluding carboxylic acids is 3. The molecule has 0 bridgehead atoms. The maximum atomic E-state index is 12.8. The lowest BCUT2D eigenvalue weighted by Crippen LogP contribution is -2.31. The van der Waals surface area contributed by atoms with Crippen LogP contribution in [0.15, 0.2) is 84.9 Å². The van der Waals surface area contributed by atoms with Gasteiger partial charge in [0.2, 0.25) is 0 Å². The van der Waals surface area contributed by atoms with Gasteiger partial charge in [0.05, 0.1) is 13.7 Å². The molecule has 0 saturated carbocycles. The molecular weight excluding hydrogens is 432 g/mol. The van der Waals surface area contributed by atoms with Crippen molar-refractivity contribution in [1.29, 1.82) is 0 Å². The number of nitrogens with one attached hydrogen (secondary N) is 1. The van der Waals surface area contributed by atoms with Crippen LogP contribution in [0.2, 0.25) is 0 Å². The molecule has 0 aliphatic rings. The maximum absolute atomic E-state index is 12.8. The van der Waals surface area contributed by atoms with Crippen LogP contribution in [0.5, 0.6) is 5.75 Å². The lowest BCUT2D eigenvalue weighted by Gasteiger charge is -2.18. The second-order valence-corrected chi connectivity index (χ2v) is 7.40. The van der Waals surface area contributed by atoms with Crippen LogP contribution in [-0.2, 0) is 9.53 Å². The summed E-state index contributed by atoms with van der Waals surface area (Å²) in [4.78, 5) is 37.9. The fourth-order valence-electron chi connectivity index (χ4n) is 3.05. The normalized spacial score (nSPS) is 10.5. The van der Waals surface area contributed by atoms with E-state index in [1.165, 1.54) is 13.2 Å². The zero-order chi connectivity index (χ0) is 24.3. The van der Waals surface area contributed by atoms with Gasteiger partial charge in [-0.05, 0) is 54.1 Å². The highest BCUT2D eigenvalue weighted by atomic mass is 16.5. The molecule has 0 saturated heterocycles. The van der Waals surface area contributed by atoms with E-state index in [9.17, 15) is 14.4 Å². The Bertz CT molecular complexity index is 1160. The first-order chi connectivity index (χ1) is 16.5. The van der Waals surface area contributed by atoms with Gasteiger partial charge in [-0.2, -0.15) is 0 Å². The topological polar surface area (TPSA) is 84.9 Å². The smallest absolute Gasteiger partial charge is 0.330 e. The van der Waals surface area contributed by atoms with Gasteiger partial charge in [0.15, 0.2) is 0 Å². The van der Waals surface area contributed by atoms with E-state index in [0.29, 0.717) is 35.7 Å². The van der Waals surface area contributed by atoms with E-state index in [4.69, 9.17) is 4.74 Å². The third kappa shape index (κ3) is 7.06. The Labute approximate surface area is 198 Å². The molecule has 3 aromatic carbocycles. The second kappa shape index (κ2) is 12.0. The first-order valence-corrected chi connectivity index (χ1v) is 10.7. The highest BCUT2D eigenvalue weighted by molar-refractivity contribution is 6.05. The molecule has 0 atom stereocenters. The van der Waals surface area contributed by atoms with Crippen LogP contribution < -0.4 is 10.1 Å². The van der Waals surface area contributed by atoms with E-state index in [1.807, 2.05) is 18.2 Å². The number of methoxy groups -OCH3 is 1. The van der Waals surface area contributed by atoms with Crippen molar-refractivity contribution in [2.24, 2.45) is 0 Å². The minimum absolute atomic E-state index is 0.178. The molecular formula is C27H26N2O5. The Morgan fingerprint density at radius 3 is 2.32 bits per heavy atom. The standard InChI is InChI=1S/C27H26N2O5/c1-29(17-18-34-24-14-11-20(12-15-24)13-16-25(30)33-2)27(32)22-9-6-10-23(19-22)28-26(31)21-7-4-3-5-8-21/h3-16,19H,17-18H2,1-2H3,(H,28,31)/b16-13+. The number of esters is 1. The van der Waals surface area contributed by atoms with E-state index >= 15 is 0 Å². The van der Waals surface area contributed by atoms with Crippen molar-refractivity contribution in [1.82, 2.24) is 4.90 Å². The molecule has 0 aromatic heterocycles. The number of benzene rings is 3. The number of amides is 2. The number of carbonyl (C=O) groups is 3. The van der Waals surface area contributed by atoms with Crippen molar-refractivity contribution >= 4 is 29.5 Å². The molecule has 0 unspecified atom stereocenters. The number of rotatable bonds is 9. The third-order valence-corrected chi connectivity index (χ3v) is 4.94. The lowest BCUT2D eigenvalue weighted by atomic mass is 10.1. The van der Waals surface area contributed by atoms with Crippen LogP contribution in [0.1, 0.15) is 26.3 Å². The predicted octanol–water partition coefficient (Wildman–Crippen LogP) is 4.28. The largest absolute Gasteiger partial charge is 0.492 e. The molecule has 3 aromatic rings. The lowest BCUT2D eigenvalue weighted by molar-refractivity contribution is -0.134. The van der Waals surface area contributed by atoms with Gasteiger partial charge < -0.3 is 19.7 Å². The molecule has 34 heavy (non-hydrogen) atoms. The molecule has 0 heterocycles. The zero-order valence-electron chi connectivity index (χ0n) is 19.1. The number of nitrogens with zero attached hydrogens (tertiary/aromatic N) is 1. The Morgan fingerprint density at radius 1 is 0.912 bits per heavy atom. The summed E-state index contributed by atoms with van der Waals surface area (Å²) in [6.07, 6.45) is 3.00. The molecule has 1 N–H and O–H groups in total. The monoisotopic (exact) mass is 458 g/mol. The second-order valence-electron chi connectivity index (χ2n) is 7.40. The Balaban J connectivity index is 1.51. The molecule has 0 fully saturated rings. The number of likely N-dealkylation sites (N-methyl/N-ethyl adjacent to an activating group) is 1. The van der Waals surface area contributed by atoms with Crippen LogP contribution in [0.25, 0.3) is 6.08 Å². The van der Waals surface area contributed by atoms with Gasteiger partial charge >= 0.3 is 5.97 Å². The van der Waals surface area contributed by atoms with Gasteiger partial charge in [0.25, 0.3) is 11.8 Å². The van der Waals surface area contributed by atoms with Crippen molar-refractivity contribution in [2.75, 3.05) is 32.6 Å². The Kier molecular flexibility index (Phi) is 8.57. The van der Waals surface area contributed by atoms with Crippen LogP contribution in [0.3, 0.4) is 0 Å². The highest BCUT2D eigenvalue weighted by Gasteiger charge is 2.13. The Morgan fingerprint density at radius 2 is 1.62 bits per heavy atom. The number of hydrogen-bond acceptors (Lipinski definition) is 5. The summed E-state index contributed by atoms with van der Waals surface area (Å²) in [6.45, 7) is 0.688. The first-order valence-electron chi connectivity index (χ1n) is 10.7. The predicted molar refractivity (Wildman–Crippen MR) is 131 cm³/mol. The van der Waals surface area contributed by atoms with E-state index in [1.54, 1.807) is 78.7 Å². The van der Waals surface area contributed by atoms with Crippen molar-refractivity contribution in [2.45, 2.75) is 0 Å². The first kappa shape index (κ1) is 24.3. The quantitative estimate of drug-likeness (QED) is 0.382. The van der Waals surface area contributed by atoms with Crippen molar-refractivity contribution < 1.29 is 23.9 Å². The average molecular weight is 459 g/mol. The molecule has 0 aliphatic carbocycles. The summed E-state index contributed by atoms with van der Waals surface area (Å²) < 4.78 is 10.3. The minimum Gasteiger partial charge on any atom is -0.492 e. The van der Waals surface area contributed by atoms with Gasteiger partial charge in [-0.3, -0.25) is 9.59 Å². The van der Waals surface area contributed by atoms with E-state index in [0.717, 1.165) is 5.56 Å². The summed E-state index contributed by atoms with van der Waals surface area (Å²) >= 11 is 0. The SMILES string of the molecule is COC(=O)/C=C/c1ccc(OCCN(C)C(=O)c2cccc(NC(=O)c3ccccc3)c2)cc1. The molecule has 7 heteroatoms. The van der Waals surface area contributed by atoms with Crippen molar-refractivity contribution in [3.05, 3.63) is 102 Å². The number of ether oxygens (including phenoxy) is 2. The third-order valence-electron chi connectivity index (χ3n) is 4.94. The molecule has 0 radical (unpaired) electrons. The van der Waals surface area contributed by atoms with Gasteiger partial charge in [0.1, 0.15) is 12.4 Å². The van der Waals surface area contributed by atoms with Crippen LogP contribution >= 0.6 is 0 Å². The van der Waals surface area contributed by atoms with Crippen LogP contribution in [0, 0.1) is 0 Å². The number of anilines is 1. The molecule has 174 valence electrons. The highest BCUT2D eigenvalue weighted by Crippen LogP contribution is 2.15.